The zero-order valence-electron chi connectivity index (χ0n) is 16.3. The molecular weight excluding hydrogens is 398 g/mol. The Balaban J connectivity index is 1.34. The maximum atomic E-state index is 12.8. The fourth-order valence-electron chi connectivity index (χ4n) is 4.56. The zero-order chi connectivity index (χ0) is 20.7. The zero-order valence-corrected chi connectivity index (χ0v) is 17.1. The molecule has 5 rings (SSSR count). The fourth-order valence-corrected chi connectivity index (χ4v) is 4.76. The summed E-state index contributed by atoms with van der Waals surface area (Å²) < 4.78 is 2.04. The lowest BCUT2D eigenvalue weighted by atomic mass is 9.93. The third-order valence-electron chi connectivity index (χ3n) is 6.09. The molecule has 0 saturated carbocycles. The second-order valence-corrected chi connectivity index (χ2v) is 8.43. The third kappa shape index (κ3) is 3.21. The molecule has 1 saturated heterocycles. The standard InChI is InChI=1S/C23H20ClN5O/c24-19-5-6-21-18(9-19)7-8-23(21)14-28(22(30)27-23)13-20-11-26-15-29(20)12-17-3-1-16(10-25)2-4-17/h1-6,9,11,15H,7-8,12-14H2,(H,27,30). The van der Waals surface area contributed by atoms with Gasteiger partial charge in [0.05, 0.1) is 42.3 Å². The minimum atomic E-state index is -0.338. The van der Waals surface area contributed by atoms with Crippen LogP contribution in [-0.2, 0) is 25.0 Å². The quantitative estimate of drug-likeness (QED) is 0.701. The average molecular weight is 418 g/mol. The summed E-state index contributed by atoms with van der Waals surface area (Å²) in [6.07, 6.45) is 5.39. The highest BCUT2D eigenvalue weighted by Gasteiger charge is 2.47. The number of aryl methyl sites for hydroxylation is 1. The number of aromatic nitrogens is 2. The van der Waals surface area contributed by atoms with Gasteiger partial charge in [-0.15, -0.1) is 0 Å². The second kappa shape index (κ2) is 7.19. The number of nitrogens with one attached hydrogen (secondary N) is 1. The van der Waals surface area contributed by atoms with Gasteiger partial charge in [0, 0.05) is 17.8 Å². The molecule has 0 bridgehead atoms. The number of urea groups is 1. The van der Waals surface area contributed by atoms with Crippen molar-refractivity contribution in [2.24, 2.45) is 0 Å². The number of carbonyl (C=O) groups excluding carboxylic acids is 1. The van der Waals surface area contributed by atoms with Gasteiger partial charge in [0.2, 0.25) is 0 Å². The van der Waals surface area contributed by atoms with Crippen LogP contribution < -0.4 is 5.32 Å². The lowest BCUT2D eigenvalue weighted by Gasteiger charge is -2.24. The van der Waals surface area contributed by atoms with Crippen LogP contribution in [-0.4, -0.2) is 27.0 Å². The molecule has 7 heteroatoms. The number of hydrogen-bond acceptors (Lipinski definition) is 3. The number of carbonyl (C=O) groups is 1. The van der Waals surface area contributed by atoms with Crippen molar-refractivity contribution >= 4 is 17.6 Å². The molecular formula is C23H20ClN5O. The van der Waals surface area contributed by atoms with E-state index in [1.54, 1.807) is 6.33 Å². The van der Waals surface area contributed by atoms with E-state index in [1.807, 2.05) is 58.1 Å². The van der Waals surface area contributed by atoms with Gasteiger partial charge in [0.1, 0.15) is 0 Å². The summed E-state index contributed by atoms with van der Waals surface area (Å²) in [4.78, 5) is 19.0. The van der Waals surface area contributed by atoms with Crippen molar-refractivity contribution in [3.05, 3.63) is 88.0 Å². The molecule has 2 amide bonds. The summed E-state index contributed by atoms with van der Waals surface area (Å²) >= 11 is 6.15. The highest BCUT2D eigenvalue weighted by molar-refractivity contribution is 6.30. The van der Waals surface area contributed by atoms with E-state index >= 15 is 0 Å². The molecule has 1 aromatic heterocycles. The summed E-state index contributed by atoms with van der Waals surface area (Å²) in [7, 11) is 0. The lowest BCUT2D eigenvalue weighted by Crippen LogP contribution is -2.38. The van der Waals surface area contributed by atoms with Gasteiger partial charge in [-0.3, -0.25) is 0 Å². The number of amides is 2. The molecule has 6 nitrogen and oxygen atoms in total. The number of halogens is 1. The predicted octanol–water partition coefficient (Wildman–Crippen LogP) is 3.82. The number of rotatable bonds is 4. The van der Waals surface area contributed by atoms with Crippen LogP contribution >= 0.6 is 11.6 Å². The third-order valence-corrected chi connectivity index (χ3v) is 6.32. The van der Waals surface area contributed by atoms with Crippen molar-refractivity contribution in [3.8, 4) is 6.07 Å². The van der Waals surface area contributed by atoms with Crippen LogP contribution in [0.3, 0.4) is 0 Å². The Hall–Kier alpha value is -3.30. The Morgan fingerprint density at radius 2 is 2.03 bits per heavy atom. The molecule has 150 valence electrons. The van der Waals surface area contributed by atoms with E-state index in [0.29, 0.717) is 25.2 Å². The van der Waals surface area contributed by atoms with E-state index in [0.717, 1.165) is 29.1 Å². The molecule has 3 aromatic rings. The van der Waals surface area contributed by atoms with Crippen LogP contribution in [0.1, 0.15) is 34.4 Å². The first-order chi connectivity index (χ1) is 14.6. The molecule has 1 N–H and O–H groups in total. The van der Waals surface area contributed by atoms with Crippen molar-refractivity contribution in [2.45, 2.75) is 31.5 Å². The highest BCUT2D eigenvalue weighted by atomic mass is 35.5. The summed E-state index contributed by atoms with van der Waals surface area (Å²) in [5, 5.41) is 12.9. The first-order valence-corrected chi connectivity index (χ1v) is 10.3. The van der Waals surface area contributed by atoms with Crippen molar-refractivity contribution < 1.29 is 4.79 Å². The van der Waals surface area contributed by atoms with E-state index in [4.69, 9.17) is 16.9 Å². The Morgan fingerprint density at radius 1 is 1.20 bits per heavy atom. The SMILES string of the molecule is N#Cc1ccc(Cn2cncc2CN2CC3(CCc4cc(Cl)ccc43)NC2=O)cc1. The van der Waals surface area contributed by atoms with Crippen LogP contribution in [0.25, 0.3) is 0 Å². The molecule has 1 aliphatic heterocycles. The van der Waals surface area contributed by atoms with Gasteiger partial charge >= 0.3 is 6.03 Å². The lowest BCUT2D eigenvalue weighted by molar-refractivity contribution is 0.214. The van der Waals surface area contributed by atoms with E-state index < -0.39 is 0 Å². The summed E-state index contributed by atoms with van der Waals surface area (Å²) in [6, 6.07) is 15.5. The van der Waals surface area contributed by atoms with E-state index in [1.165, 1.54) is 11.1 Å². The van der Waals surface area contributed by atoms with Crippen molar-refractivity contribution in [2.75, 3.05) is 6.54 Å². The maximum Gasteiger partial charge on any atom is 0.318 e. The summed E-state index contributed by atoms with van der Waals surface area (Å²) in [6.45, 7) is 1.76. The molecule has 0 radical (unpaired) electrons. The Labute approximate surface area is 179 Å². The van der Waals surface area contributed by atoms with Crippen LogP contribution in [0.5, 0.6) is 0 Å². The number of benzene rings is 2. The molecule has 2 aliphatic rings. The Kier molecular flexibility index (Phi) is 4.48. The van der Waals surface area contributed by atoms with Gasteiger partial charge in [-0.2, -0.15) is 5.26 Å². The van der Waals surface area contributed by atoms with Gasteiger partial charge in [-0.05, 0) is 53.8 Å². The molecule has 1 spiro atoms. The number of nitriles is 1. The molecule has 30 heavy (non-hydrogen) atoms. The van der Waals surface area contributed by atoms with Crippen LogP contribution in [0.15, 0.2) is 55.0 Å². The normalized spacial score (nSPS) is 19.7. The Morgan fingerprint density at radius 3 is 2.83 bits per heavy atom. The minimum Gasteiger partial charge on any atom is -0.329 e. The number of fused-ring (bicyclic) bond motifs is 2. The Bertz CT molecular complexity index is 1160. The monoisotopic (exact) mass is 417 g/mol. The smallest absolute Gasteiger partial charge is 0.318 e. The van der Waals surface area contributed by atoms with Crippen LogP contribution in [0.2, 0.25) is 5.02 Å². The van der Waals surface area contributed by atoms with E-state index in [-0.39, 0.29) is 11.6 Å². The molecule has 1 fully saturated rings. The summed E-state index contributed by atoms with van der Waals surface area (Å²) in [5.74, 6) is 0. The van der Waals surface area contributed by atoms with E-state index in [9.17, 15) is 4.79 Å². The first-order valence-electron chi connectivity index (χ1n) is 9.90. The molecule has 2 aromatic carbocycles. The van der Waals surface area contributed by atoms with Crippen molar-refractivity contribution in [1.29, 1.82) is 5.26 Å². The van der Waals surface area contributed by atoms with Gasteiger partial charge in [0.25, 0.3) is 0 Å². The second-order valence-electron chi connectivity index (χ2n) is 7.99. The predicted molar refractivity (Wildman–Crippen MR) is 113 cm³/mol. The number of hydrogen-bond donors (Lipinski definition) is 1. The summed E-state index contributed by atoms with van der Waals surface area (Å²) in [5.41, 5.74) is 4.75. The minimum absolute atomic E-state index is 0.0519. The largest absolute Gasteiger partial charge is 0.329 e. The first kappa shape index (κ1) is 18.7. The van der Waals surface area contributed by atoms with Gasteiger partial charge in [-0.25, -0.2) is 9.78 Å². The van der Waals surface area contributed by atoms with Crippen LogP contribution in [0.4, 0.5) is 4.79 Å². The number of imidazole rings is 1. The van der Waals surface area contributed by atoms with Crippen molar-refractivity contribution in [3.63, 3.8) is 0 Å². The molecule has 2 heterocycles. The highest BCUT2D eigenvalue weighted by Crippen LogP contribution is 2.41. The molecule has 1 atom stereocenters. The van der Waals surface area contributed by atoms with Crippen LogP contribution in [0, 0.1) is 11.3 Å². The van der Waals surface area contributed by atoms with Gasteiger partial charge < -0.3 is 14.8 Å². The maximum absolute atomic E-state index is 12.8. The van der Waals surface area contributed by atoms with Gasteiger partial charge in [0.15, 0.2) is 0 Å². The fraction of sp³-hybridized carbons (Fsp3) is 0.261. The molecule has 1 unspecified atom stereocenters. The number of nitrogens with zero attached hydrogens (tertiary/aromatic N) is 4. The molecule has 1 aliphatic carbocycles. The van der Waals surface area contributed by atoms with Crippen molar-refractivity contribution in [1.82, 2.24) is 19.8 Å². The average Bonchev–Trinajstić information content (AvgIpc) is 3.41. The van der Waals surface area contributed by atoms with Gasteiger partial charge in [-0.1, -0.05) is 29.8 Å². The van der Waals surface area contributed by atoms with E-state index in [2.05, 4.69) is 16.4 Å². The topological polar surface area (TPSA) is 74.0 Å².